The number of hydrogen-bond donors (Lipinski definition) is 0. The molecular weight excluding hydrogens is 333 g/mol. The first-order chi connectivity index (χ1) is 12.6. The highest BCUT2D eigenvalue weighted by atomic mass is 19.1. The van der Waals surface area contributed by atoms with Crippen LogP contribution >= 0.6 is 0 Å². The van der Waals surface area contributed by atoms with Crippen LogP contribution in [0, 0.1) is 11.7 Å². The molecule has 0 spiro atoms. The topological polar surface area (TPSA) is 59.2 Å². The molecule has 26 heavy (non-hydrogen) atoms. The molecule has 6 heteroatoms. The lowest BCUT2D eigenvalue weighted by molar-refractivity contribution is -0.137. The van der Waals surface area contributed by atoms with Crippen molar-refractivity contribution in [3.63, 3.8) is 0 Å². The van der Waals surface area contributed by atoms with Crippen molar-refractivity contribution in [2.45, 2.75) is 58.4 Å². The molecule has 1 aromatic heterocycles. The Hall–Kier alpha value is -2.24. The summed E-state index contributed by atoms with van der Waals surface area (Å²) in [7, 11) is 0. The van der Waals surface area contributed by atoms with Crippen molar-refractivity contribution >= 4 is 5.91 Å². The number of nitrogens with zero attached hydrogens (tertiary/aromatic N) is 3. The number of likely N-dealkylation sites (tertiary alicyclic amines) is 1. The van der Waals surface area contributed by atoms with Gasteiger partial charge in [0.1, 0.15) is 11.9 Å². The number of amides is 1. The molecule has 2 aromatic rings. The lowest BCUT2D eigenvalue weighted by Gasteiger charge is -2.26. The van der Waals surface area contributed by atoms with E-state index in [2.05, 4.69) is 24.0 Å². The van der Waals surface area contributed by atoms with Gasteiger partial charge in [0.05, 0.1) is 0 Å². The molecule has 1 aliphatic rings. The Balaban J connectivity index is 1.76. The Labute approximate surface area is 153 Å². The third kappa shape index (κ3) is 3.94. The molecule has 5 nitrogen and oxygen atoms in total. The van der Waals surface area contributed by atoms with Crippen LogP contribution in [0.15, 0.2) is 28.8 Å². The van der Waals surface area contributed by atoms with E-state index in [1.807, 2.05) is 4.90 Å². The minimum Gasteiger partial charge on any atom is -0.337 e. The molecule has 1 aromatic carbocycles. The van der Waals surface area contributed by atoms with Gasteiger partial charge < -0.3 is 9.42 Å². The highest BCUT2D eigenvalue weighted by Gasteiger charge is 2.36. The van der Waals surface area contributed by atoms with Gasteiger partial charge in [-0.25, -0.2) is 4.39 Å². The van der Waals surface area contributed by atoms with Gasteiger partial charge in [0.25, 0.3) is 0 Å². The number of carbonyl (C=O) groups is 1. The molecule has 2 heterocycles. The summed E-state index contributed by atoms with van der Waals surface area (Å²) < 4.78 is 18.5. The van der Waals surface area contributed by atoms with Crippen LogP contribution in [-0.4, -0.2) is 27.5 Å². The van der Waals surface area contributed by atoms with E-state index in [1.54, 1.807) is 12.1 Å². The number of benzene rings is 1. The molecule has 140 valence electrons. The second kappa shape index (κ2) is 8.43. The molecule has 1 fully saturated rings. The van der Waals surface area contributed by atoms with Crippen LogP contribution in [-0.2, 0) is 4.79 Å². The maximum Gasteiger partial charge on any atom is 0.249 e. The zero-order valence-corrected chi connectivity index (χ0v) is 15.4. The van der Waals surface area contributed by atoms with Crippen molar-refractivity contribution in [1.82, 2.24) is 15.0 Å². The Kier molecular flexibility index (Phi) is 6.01. The maximum atomic E-state index is 13.1. The van der Waals surface area contributed by atoms with Crippen LogP contribution in [0.5, 0.6) is 0 Å². The fraction of sp³-hybridized carbons (Fsp3) is 0.550. The predicted molar refractivity (Wildman–Crippen MR) is 96.7 cm³/mol. The summed E-state index contributed by atoms with van der Waals surface area (Å²) in [6.45, 7) is 4.95. The van der Waals surface area contributed by atoms with Crippen molar-refractivity contribution in [2.24, 2.45) is 5.92 Å². The lowest BCUT2D eigenvalue weighted by atomic mass is 9.97. The summed E-state index contributed by atoms with van der Waals surface area (Å²) in [6.07, 6.45) is 5.72. The first-order valence-electron chi connectivity index (χ1n) is 9.54. The van der Waals surface area contributed by atoms with Crippen LogP contribution in [0.3, 0.4) is 0 Å². The average Bonchev–Trinajstić information content (AvgIpc) is 3.32. The van der Waals surface area contributed by atoms with E-state index in [-0.39, 0.29) is 23.7 Å². The van der Waals surface area contributed by atoms with Crippen molar-refractivity contribution in [3.05, 3.63) is 36.0 Å². The largest absolute Gasteiger partial charge is 0.337 e. The lowest BCUT2D eigenvalue weighted by Crippen LogP contribution is -2.35. The minimum atomic E-state index is -0.303. The second-order valence-electron chi connectivity index (χ2n) is 6.90. The predicted octanol–water partition coefficient (Wildman–Crippen LogP) is 4.76. The highest BCUT2D eigenvalue weighted by Crippen LogP contribution is 2.34. The number of halogens is 1. The van der Waals surface area contributed by atoms with Crippen LogP contribution in [0.1, 0.15) is 64.3 Å². The number of hydrogen-bond acceptors (Lipinski definition) is 4. The van der Waals surface area contributed by atoms with Crippen LogP contribution in [0.25, 0.3) is 11.4 Å². The first kappa shape index (κ1) is 18.5. The van der Waals surface area contributed by atoms with Crippen LogP contribution in [0.2, 0.25) is 0 Å². The summed E-state index contributed by atoms with van der Waals surface area (Å²) in [5, 5.41) is 4.02. The van der Waals surface area contributed by atoms with E-state index >= 15 is 0 Å². The Morgan fingerprint density at radius 2 is 2.12 bits per heavy atom. The van der Waals surface area contributed by atoms with Gasteiger partial charge in [0, 0.05) is 18.0 Å². The summed E-state index contributed by atoms with van der Waals surface area (Å²) in [4.78, 5) is 19.4. The second-order valence-corrected chi connectivity index (χ2v) is 6.90. The van der Waals surface area contributed by atoms with E-state index in [9.17, 15) is 9.18 Å². The quantitative estimate of drug-likeness (QED) is 0.715. The minimum absolute atomic E-state index is 0.0649. The van der Waals surface area contributed by atoms with E-state index < -0.39 is 0 Å². The van der Waals surface area contributed by atoms with Crippen LogP contribution in [0.4, 0.5) is 4.39 Å². The Morgan fingerprint density at radius 1 is 1.35 bits per heavy atom. The number of aromatic nitrogens is 2. The molecule has 3 rings (SSSR count). The SMILES string of the molecule is CCCC[C@@H](CC)C(=O)N1CCC[C@H]1c1nc(-c2ccc(F)cc2)no1. The van der Waals surface area contributed by atoms with Gasteiger partial charge in [-0.3, -0.25) is 4.79 Å². The molecule has 1 saturated heterocycles. The van der Waals surface area contributed by atoms with Crippen molar-refractivity contribution in [1.29, 1.82) is 0 Å². The summed E-state index contributed by atoms with van der Waals surface area (Å²) in [5.41, 5.74) is 0.701. The number of carbonyl (C=O) groups excluding carboxylic acids is 1. The molecule has 0 bridgehead atoms. The normalized spacial score (nSPS) is 18.3. The standard InChI is InChI=1S/C20H26FN3O2/c1-3-5-7-14(4-2)20(25)24-13-6-8-17(24)19-22-18(23-26-19)15-9-11-16(21)12-10-15/h9-12,14,17H,3-8,13H2,1-2H3/t14-,17+/m1/s1. The molecule has 1 aliphatic heterocycles. The van der Waals surface area contributed by atoms with Crippen molar-refractivity contribution < 1.29 is 13.7 Å². The van der Waals surface area contributed by atoms with Gasteiger partial charge in [-0.05, 0) is 49.9 Å². The summed E-state index contributed by atoms with van der Waals surface area (Å²) in [6, 6.07) is 5.84. The fourth-order valence-electron chi connectivity index (χ4n) is 3.56. The Morgan fingerprint density at radius 3 is 2.81 bits per heavy atom. The first-order valence-corrected chi connectivity index (χ1v) is 9.54. The summed E-state index contributed by atoms with van der Waals surface area (Å²) >= 11 is 0. The van der Waals surface area contributed by atoms with E-state index in [0.29, 0.717) is 17.3 Å². The van der Waals surface area contributed by atoms with Gasteiger partial charge >= 0.3 is 0 Å². The third-order valence-electron chi connectivity index (χ3n) is 5.11. The molecule has 0 radical (unpaired) electrons. The molecule has 1 amide bonds. The van der Waals surface area contributed by atoms with Gasteiger partial charge in [0.15, 0.2) is 0 Å². The van der Waals surface area contributed by atoms with Crippen LogP contribution < -0.4 is 0 Å². The molecule has 0 aliphatic carbocycles. The number of unbranched alkanes of at least 4 members (excludes halogenated alkanes) is 1. The van der Waals surface area contributed by atoms with Gasteiger partial charge in [-0.1, -0.05) is 31.8 Å². The monoisotopic (exact) mass is 359 g/mol. The van der Waals surface area contributed by atoms with E-state index in [4.69, 9.17) is 4.52 Å². The highest BCUT2D eigenvalue weighted by molar-refractivity contribution is 5.79. The average molecular weight is 359 g/mol. The zero-order chi connectivity index (χ0) is 18.5. The Bertz CT molecular complexity index is 729. The zero-order valence-electron chi connectivity index (χ0n) is 15.4. The van der Waals surface area contributed by atoms with E-state index in [0.717, 1.165) is 45.1 Å². The molecular formula is C20H26FN3O2. The maximum absolute atomic E-state index is 13.1. The van der Waals surface area contributed by atoms with E-state index in [1.165, 1.54) is 12.1 Å². The van der Waals surface area contributed by atoms with Crippen molar-refractivity contribution in [2.75, 3.05) is 6.54 Å². The number of rotatable bonds is 7. The molecule has 0 saturated carbocycles. The van der Waals surface area contributed by atoms with Gasteiger partial charge in [0.2, 0.25) is 17.6 Å². The smallest absolute Gasteiger partial charge is 0.249 e. The fourth-order valence-corrected chi connectivity index (χ4v) is 3.56. The van der Waals surface area contributed by atoms with Crippen molar-refractivity contribution in [3.8, 4) is 11.4 Å². The summed E-state index contributed by atoms with van der Waals surface area (Å²) in [5.74, 6) is 0.862. The molecule has 0 unspecified atom stereocenters. The third-order valence-corrected chi connectivity index (χ3v) is 5.11. The van der Waals surface area contributed by atoms with Gasteiger partial charge in [-0.15, -0.1) is 0 Å². The molecule has 2 atom stereocenters. The molecule has 0 N–H and O–H groups in total. The van der Waals surface area contributed by atoms with Gasteiger partial charge in [-0.2, -0.15) is 4.98 Å².